The molecule has 0 radical (unpaired) electrons. The molecule has 2 rings (SSSR count). The van der Waals surface area contributed by atoms with Crippen LogP contribution in [0.15, 0.2) is 60.7 Å². The maximum atomic E-state index is 2.12. The Balaban J connectivity index is 0.000000845. The molecule has 72 valence electrons. The van der Waals surface area contributed by atoms with E-state index in [1.807, 2.05) is 12.1 Å². The van der Waals surface area contributed by atoms with Crippen LogP contribution in [0.3, 0.4) is 0 Å². The minimum Gasteiger partial charge on any atom is -0.269 e. The maximum absolute atomic E-state index is 2.12. The Morgan fingerprint density at radius 1 is 0.500 bits per heavy atom. The fourth-order valence-electron chi connectivity index (χ4n) is 1.26. The molecule has 0 nitrogen and oxygen atoms in total. The predicted octanol–water partition coefficient (Wildman–Crippen LogP) is 2.32. The van der Waals surface area contributed by atoms with Crippen LogP contribution >= 0.6 is 0 Å². The van der Waals surface area contributed by atoms with Gasteiger partial charge in [-0.2, -0.15) is 0 Å². The molecule has 0 spiro atoms. The summed E-state index contributed by atoms with van der Waals surface area (Å²) in [4.78, 5) is 0. The SMILES string of the molecule is F.[AlH3].c1ccc(-c2ccccc2)cc1. The molecule has 2 heteroatoms. The molecular formula is C12H14AlF. The molecule has 0 N–H and O–H groups in total. The van der Waals surface area contributed by atoms with Crippen molar-refractivity contribution in [1.82, 2.24) is 0 Å². The molecular weight excluding hydrogens is 190 g/mol. The summed E-state index contributed by atoms with van der Waals surface area (Å²) in [6, 6.07) is 20.8. The van der Waals surface area contributed by atoms with Gasteiger partial charge in [0.25, 0.3) is 0 Å². The van der Waals surface area contributed by atoms with Crippen molar-refractivity contribution in [2.24, 2.45) is 0 Å². The van der Waals surface area contributed by atoms with E-state index >= 15 is 0 Å². The summed E-state index contributed by atoms with van der Waals surface area (Å²) in [5, 5.41) is 0. The summed E-state index contributed by atoms with van der Waals surface area (Å²) in [5.41, 5.74) is 2.55. The minimum absolute atomic E-state index is 0. The van der Waals surface area contributed by atoms with Gasteiger partial charge in [-0.3, -0.25) is 4.70 Å². The Bertz CT molecular complexity index is 308. The van der Waals surface area contributed by atoms with Crippen molar-refractivity contribution in [2.75, 3.05) is 0 Å². The van der Waals surface area contributed by atoms with Crippen LogP contribution in [-0.4, -0.2) is 17.4 Å². The van der Waals surface area contributed by atoms with Crippen LogP contribution < -0.4 is 0 Å². The summed E-state index contributed by atoms with van der Waals surface area (Å²) < 4.78 is 0. The monoisotopic (exact) mass is 204 g/mol. The lowest BCUT2D eigenvalue weighted by Gasteiger charge is -1.98. The molecule has 0 bridgehead atoms. The van der Waals surface area contributed by atoms with Gasteiger partial charge in [0, 0.05) is 0 Å². The lowest BCUT2D eigenvalue weighted by atomic mass is 10.1. The highest BCUT2D eigenvalue weighted by Crippen LogP contribution is 2.17. The van der Waals surface area contributed by atoms with Crippen molar-refractivity contribution >= 4 is 17.4 Å². The molecule has 0 heterocycles. The van der Waals surface area contributed by atoms with E-state index in [4.69, 9.17) is 0 Å². The molecule has 0 amide bonds. The van der Waals surface area contributed by atoms with Gasteiger partial charge < -0.3 is 0 Å². The van der Waals surface area contributed by atoms with Gasteiger partial charge in [0.1, 0.15) is 0 Å². The quantitative estimate of drug-likeness (QED) is 0.625. The molecule has 0 aliphatic carbocycles. The highest BCUT2D eigenvalue weighted by Gasteiger charge is 1.91. The van der Waals surface area contributed by atoms with Crippen LogP contribution in [0.2, 0.25) is 0 Å². The molecule has 0 fully saturated rings. The van der Waals surface area contributed by atoms with Gasteiger partial charge in [0.15, 0.2) is 17.4 Å². The molecule has 0 atom stereocenters. The van der Waals surface area contributed by atoms with Crippen molar-refractivity contribution < 1.29 is 4.70 Å². The fourth-order valence-corrected chi connectivity index (χ4v) is 1.26. The number of hydrogen-bond acceptors (Lipinski definition) is 0. The van der Waals surface area contributed by atoms with Crippen LogP contribution in [0.1, 0.15) is 0 Å². The van der Waals surface area contributed by atoms with Crippen LogP contribution in [0.5, 0.6) is 0 Å². The summed E-state index contributed by atoms with van der Waals surface area (Å²) in [6.45, 7) is 0. The lowest BCUT2D eigenvalue weighted by Crippen LogP contribution is -1.73. The first-order chi connectivity index (χ1) is 5.97. The van der Waals surface area contributed by atoms with Crippen molar-refractivity contribution in [1.29, 1.82) is 0 Å². The third-order valence-electron chi connectivity index (χ3n) is 1.88. The third-order valence-corrected chi connectivity index (χ3v) is 1.88. The normalized spacial score (nSPS) is 8.29. The summed E-state index contributed by atoms with van der Waals surface area (Å²) in [6.07, 6.45) is 0. The second-order valence-electron chi connectivity index (χ2n) is 2.73. The Hall–Kier alpha value is -1.10. The summed E-state index contributed by atoms with van der Waals surface area (Å²) in [5.74, 6) is 0. The smallest absolute Gasteiger partial charge is 0.187 e. The molecule has 0 saturated heterocycles. The first kappa shape index (κ1) is 12.9. The standard InChI is InChI=1S/C12H10.Al.FH.3H/c1-3-7-11(8-4-1)12-9-5-2-6-10-12;;;;;/h1-10H;;1H;;;. The van der Waals surface area contributed by atoms with Crippen molar-refractivity contribution in [3.05, 3.63) is 60.7 Å². The Morgan fingerprint density at radius 2 is 0.786 bits per heavy atom. The second-order valence-corrected chi connectivity index (χ2v) is 2.73. The predicted molar refractivity (Wildman–Crippen MR) is 64.3 cm³/mol. The number of benzene rings is 2. The van der Waals surface area contributed by atoms with Gasteiger partial charge in [0.05, 0.1) is 0 Å². The van der Waals surface area contributed by atoms with Crippen LogP contribution in [0, 0.1) is 0 Å². The highest BCUT2D eigenvalue weighted by atomic mass is 27.0. The molecule has 0 aliphatic heterocycles. The minimum atomic E-state index is 0. The first-order valence-corrected chi connectivity index (χ1v) is 4.07. The van der Waals surface area contributed by atoms with Crippen molar-refractivity contribution in [3.63, 3.8) is 0 Å². The van der Waals surface area contributed by atoms with Crippen molar-refractivity contribution in [2.45, 2.75) is 0 Å². The summed E-state index contributed by atoms with van der Waals surface area (Å²) in [7, 11) is 0. The number of halogens is 1. The molecule has 0 unspecified atom stereocenters. The van der Waals surface area contributed by atoms with Gasteiger partial charge in [-0.25, -0.2) is 0 Å². The zero-order chi connectivity index (χ0) is 8.23. The molecule has 0 saturated carbocycles. The van der Waals surface area contributed by atoms with Crippen LogP contribution in [-0.2, 0) is 0 Å². The van der Waals surface area contributed by atoms with E-state index in [0.717, 1.165) is 0 Å². The Labute approximate surface area is 94.1 Å². The molecule has 0 aliphatic rings. The van der Waals surface area contributed by atoms with Crippen LogP contribution in [0.4, 0.5) is 4.70 Å². The maximum Gasteiger partial charge on any atom is 0.187 e. The fraction of sp³-hybridized carbons (Fsp3) is 0. The molecule has 2 aromatic carbocycles. The number of rotatable bonds is 1. The Kier molecular flexibility index (Phi) is 5.87. The van der Waals surface area contributed by atoms with E-state index < -0.39 is 0 Å². The molecule has 14 heavy (non-hydrogen) atoms. The van der Waals surface area contributed by atoms with Gasteiger partial charge in [-0.05, 0) is 11.1 Å². The Morgan fingerprint density at radius 3 is 1.07 bits per heavy atom. The summed E-state index contributed by atoms with van der Waals surface area (Å²) >= 11 is 0. The van der Waals surface area contributed by atoms with Gasteiger partial charge in [0.2, 0.25) is 0 Å². The van der Waals surface area contributed by atoms with E-state index in [2.05, 4.69) is 48.5 Å². The zero-order valence-corrected chi connectivity index (χ0v) is 7.18. The van der Waals surface area contributed by atoms with Gasteiger partial charge >= 0.3 is 0 Å². The van der Waals surface area contributed by atoms with Gasteiger partial charge in [-0.15, -0.1) is 0 Å². The molecule has 0 aromatic heterocycles. The van der Waals surface area contributed by atoms with E-state index in [1.165, 1.54) is 11.1 Å². The van der Waals surface area contributed by atoms with E-state index in [-0.39, 0.29) is 22.1 Å². The number of hydrogen-bond donors (Lipinski definition) is 0. The van der Waals surface area contributed by atoms with E-state index in [0.29, 0.717) is 0 Å². The average molecular weight is 204 g/mol. The topological polar surface area (TPSA) is 0 Å². The first-order valence-electron chi connectivity index (χ1n) is 4.07. The van der Waals surface area contributed by atoms with E-state index in [9.17, 15) is 0 Å². The van der Waals surface area contributed by atoms with Crippen molar-refractivity contribution in [3.8, 4) is 11.1 Å². The lowest BCUT2D eigenvalue weighted by molar-refractivity contribution is 1.11. The second kappa shape index (κ2) is 6.37. The average Bonchev–Trinajstić information content (AvgIpc) is 2.21. The third kappa shape index (κ3) is 2.99. The highest BCUT2D eigenvalue weighted by molar-refractivity contribution is 5.75. The molecule has 2 aromatic rings. The largest absolute Gasteiger partial charge is 0.269 e. The van der Waals surface area contributed by atoms with Crippen LogP contribution in [0.25, 0.3) is 11.1 Å². The van der Waals surface area contributed by atoms with Gasteiger partial charge in [-0.1, -0.05) is 60.7 Å². The zero-order valence-electron chi connectivity index (χ0n) is 7.18. The van der Waals surface area contributed by atoms with E-state index in [1.54, 1.807) is 0 Å².